The van der Waals surface area contributed by atoms with E-state index in [1.54, 1.807) is 17.0 Å². The number of ether oxygens (including phenoxy) is 1. The average molecular weight is 454 g/mol. The van der Waals surface area contributed by atoms with Crippen LogP contribution in [-0.2, 0) is 4.79 Å². The maximum absolute atomic E-state index is 12.7. The first kappa shape index (κ1) is 23.2. The van der Waals surface area contributed by atoms with E-state index in [2.05, 4.69) is 20.8 Å². The van der Waals surface area contributed by atoms with E-state index in [4.69, 9.17) is 4.74 Å². The minimum absolute atomic E-state index is 0.164. The topological polar surface area (TPSA) is 96.5 Å². The number of nitrogens with zero attached hydrogens (tertiary/aromatic N) is 3. The maximum atomic E-state index is 12.7. The summed E-state index contributed by atoms with van der Waals surface area (Å²) < 4.78 is 5.42. The van der Waals surface area contributed by atoms with Gasteiger partial charge in [0.1, 0.15) is 10.8 Å². The van der Waals surface area contributed by atoms with Gasteiger partial charge in [0.25, 0.3) is 0 Å². The first-order chi connectivity index (χ1) is 15.6. The van der Waals surface area contributed by atoms with Crippen molar-refractivity contribution < 1.29 is 14.3 Å². The van der Waals surface area contributed by atoms with Crippen LogP contribution in [0.4, 0.5) is 15.6 Å². The van der Waals surface area contributed by atoms with Crippen molar-refractivity contribution in [1.82, 2.24) is 15.1 Å². The second kappa shape index (κ2) is 11.8. The number of amides is 3. The summed E-state index contributed by atoms with van der Waals surface area (Å²) >= 11 is 1.31. The molecule has 0 unspecified atom stereocenters. The number of benzene rings is 2. The van der Waals surface area contributed by atoms with Crippen LogP contribution in [-0.4, -0.2) is 46.7 Å². The van der Waals surface area contributed by atoms with Gasteiger partial charge < -0.3 is 20.3 Å². The van der Waals surface area contributed by atoms with Gasteiger partial charge in [-0.15, -0.1) is 10.2 Å². The van der Waals surface area contributed by atoms with Gasteiger partial charge in [-0.05, 0) is 37.6 Å². The monoisotopic (exact) mass is 453 g/mol. The molecule has 32 heavy (non-hydrogen) atoms. The number of anilines is 2. The van der Waals surface area contributed by atoms with Crippen molar-refractivity contribution >= 4 is 34.1 Å². The molecule has 9 heteroatoms. The quantitative estimate of drug-likeness (QED) is 0.456. The lowest BCUT2D eigenvalue weighted by atomic mass is 10.2. The normalized spacial score (nSPS) is 10.4. The van der Waals surface area contributed by atoms with Crippen molar-refractivity contribution in [2.45, 2.75) is 26.7 Å². The molecule has 0 radical (unpaired) electrons. The average Bonchev–Trinajstić information content (AvgIpc) is 3.27. The summed E-state index contributed by atoms with van der Waals surface area (Å²) in [7, 11) is 0. The molecule has 0 saturated carbocycles. The number of hydrogen-bond acceptors (Lipinski definition) is 6. The molecule has 0 atom stereocenters. The number of carbonyl (C=O) groups is 2. The molecule has 1 aromatic heterocycles. The fourth-order valence-corrected chi connectivity index (χ4v) is 3.74. The van der Waals surface area contributed by atoms with Crippen LogP contribution in [0.3, 0.4) is 0 Å². The lowest BCUT2D eigenvalue weighted by molar-refractivity contribution is -0.116. The Labute approximate surface area is 191 Å². The second-order valence-corrected chi connectivity index (χ2v) is 7.93. The van der Waals surface area contributed by atoms with Crippen molar-refractivity contribution in [2.75, 3.05) is 30.3 Å². The van der Waals surface area contributed by atoms with E-state index in [0.29, 0.717) is 30.5 Å². The summed E-state index contributed by atoms with van der Waals surface area (Å²) in [6.07, 6.45) is 0.950. The molecule has 3 aromatic rings. The number of urea groups is 1. The van der Waals surface area contributed by atoms with E-state index in [9.17, 15) is 9.59 Å². The van der Waals surface area contributed by atoms with Gasteiger partial charge in [-0.1, -0.05) is 48.6 Å². The molecule has 0 aliphatic carbocycles. The summed E-state index contributed by atoms with van der Waals surface area (Å²) in [4.78, 5) is 26.7. The van der Waals surface area contributed by atoms with Gasteiger partial charge in [0.2, 0.25) is 11.0 Å². The number of carbonyl (C=O) groups excluding carboxylic acids is 2. The van der Waals surface area contributed by atoms with Crippen molar-refractivity contribution in [3.63, 3.8) is 0 Å². The Morgan fingerprint density at radius 3 is 2.41 bits per heavy atom. The standard InChI is InChI=1S/C23H27N5O3S/c1-3-15-28(23(30)24-18-10-12-19(13-11-18)31-4-2)16-14-20(29)25-22-27-26-21(32-22)17-8-6-5-7-9-17/h5-13H,3-4,14-16H2,1-2H3,(H,24,30)(H,25,27,29). The van der Waals surface area contributed by atoms with Gasteiger partial charge in [-0.2, -0.15) is 0 Å². The summed E-state index contributed by atoms with van der Waals surface area (Å²) in [6, 6.07) is 16.6. The van der Waals surface area contributed by atoms with Gasteiger partial charge in [-0.25, -0.2) is 4.79 Å². The molecule has 0 fully saturated rings. The van der Waals surface area contributed by atoms with Crippen LogP contribution >= 0.6 is 11.3 Å². The molecular formula is C23H27N5O3S. The second-order valence-electron chi connectivity index (χ2n) is 6.95. The number of hydrogen-bond donors (Lipinski definition) is 2. The Balaban J connectivity index is 1.51. The summed E-state index contributed by atoms with van der Waals surface area (Å²) in [5, 5.41) is 15.0. The Hall–Kier alpha value is -3.46. The first-order valence-electron chi connectivity index (χ1n) is 10.6. The SMILES string of the molecule is CCCN(CCC(=O)Nc1nnc(-c2ccccc2)s1)C(=O)Nc1ccc(OCC)cc1. The number of rotatable bonds is 10. The fraction of sp³-hybridized carbons (Fsp3) is 0.304. The molecule has 0 aliphatic rings. The first-order valence-corrected chi connectivity index (χ1v) is 11.4. The van der Waals surface area contributed by atoms with E-state index in [1.807, 2.05) is 56.3 Å². The van der Waals surface area contributed by atoms with Gasteiger partial charge in [0.05, 0.1) is 6.61 Å². The molecule has 168 valence electrons. The molecule has 0 saturated heterocycles. The molecule has 0 bridgehead atoms. The fourth-order valence-electron chi connectivity index (χ4n) is 2.98. The molecule has 2 aromatic carbocycles. The molecule has 8 nitrogen and oxygen atoms in total. The lowest BCUT2D eigenvalue weighted by Crippen LogP contribution is -2.37. The molecule has 2 N–H and O–H groups in total. The third kappa shape index (κ3) is 6.78. The van der Waals surface area contributed by atoms with Gasteiger partial charge in [0.15, 0.2) is 0 Å². The van der Waals surface area contributed by atoms with E-state index in [1.165, 1.54) is 11.3 Å². The summed E-state index contributed by atoms with van der Waals surface area (Å²) in [6.45, 7) is 5.34. The van der Waals surface area contributed by atoms with Crippen molar-refractivity contribution in [3.8, 4) is 16.3 Å². The van der Waals surface area contributed by atoms with E-state index >= 15 is 0 Å². The molecule has 1 heterocycles. The van der Waals surface area contributed by atoms with Crippen LogP contribution in [0.5, 0.6) is 5.75 Å². The van der Waals surface area contributed by atoms with Crippen LogP contribution in [0, 0.1) is 0 Å². The summed E-state index contributed by atoms with van der Waals surface area (Å²) in [5.74, 6) is 0.537. The molecule has 0 spiro atoms. The Bertz CT molecular complexity index is 1010. The highest BCUT2D eigenvalue weighted by Gasteiger charge is 2.16. The lowest BCUT2D eigenvalue weighted by Gasteiger charge is -2.22. The predicted molar refractivity (Wildman–Crippen MR) is 127 cm³/mol. The number of aromatic nitrogens is 2. The largest absolute Gasteiger partial charge is 0.494 e. The van der Waals surface area contributed by atoms with E-state index in [0.717, 1.165) is 22.7 Å². The van der Waals surface area contributed by atoms with Crippen LogP contribution in [0.2, 0.25) is 0 Å². The van der Waals surface area contributed by atoms with Gasteiger partial charge in [0, 0.05) is 30.8 Å². The summed E-state index contributed by atoms with van der Waals surface area (Å²) in [5.41, 5.74) is 1.62. The minimum Gasteiger partial charge on any atom is -0.494 e. The van der Waals surface area contributed by atoms with Crippen molar-refractivity contribution in [2.24, 2.45) is 0 Å². The van der Waals surface area contributed by atoms with Gasteiger partial charge in [-0.3, -0.25) is 4.79 Å². The van der Waals surface area contributed by atoms with Crippen LogP contribution in [0.1, 0.15) is 26.7 Å². The zero-order valence-corrected chi connectivity index (χ0v) is 19.0. The van der Waals surface area contributed by atoms with Crippen molar-refractivity contribution in [1.29, 1.82) is 0 Å². The Morgan fingerprint density at radius 2 is 1.72 bits per heavy atom. The maximum Gasteiger partial charge on any atom is 0.321 e. The molecular weight excluding hydrogens is 426 g/mol. The highest BCUT2D eigenvalue weighted by molar-refractivity contribution is 7.18. The molecule has 3 amide bonds. The molecule has 0 aliphatic heterocycles. The highest BCUT2D eigenvalue weighted by Crippen LogP contribution is 2.26. The third-order valence-corrected chi connectivity index (χ3v) is 5.39. The zero-order valence-electron chi connectivity index (χ0n) is 18.2. The Kier molecular flexibility index (Phi) is 8.56. The van der Waals surface area contributed by atoms with Crippen molar-refractivity contribution in [3.05, 3.63) is 54.6 Å². The molecule has 3 rings (SSSR count). The van der Waals surface area contributed by atoms with Crippen LogP contribution in [0.15, 0.2) is 54.6 Å². The zero-order chi connectivity index (χ0) is 22.8. The van der Waals surface area contributed by atoms with Crippen LogP contribution < -0.4 is 15.4 Å². The third-order valence-electron chi connectivity index (χ3n) is 4.50. The van der Waals surface area contributed by atoms with Gasteiger partial charge >= 0.3 is 6.03 Å². The highest BCUT2D eigenvalue weighted by atomic mass is 32.1. The Morgan fingerprint density at radius 1 is 0.969 bits per heavy atom. The van der Waals surface area contributed by atoms with E-state index in [-0.39, 0.29) is 18.4 Å². The smallest absolute Gasteiger partial charge is 0.321 e. The predicted octanol–water partition coefficient (Wildman–Crippen LogP) is 4.88. The van der Waals surface area contributed by atoms with Crippen LogP contribution in [0.25, 0.3) is 10.6 Å². The van der Waals surface area contributed by atoms with E-state index < -0.39 is 0 Å². The minimum atomic E-state index is -0.244. The number of nitrogens with one attached hydrogen (secondary N) is 2.